The maximum Gasteiger partial charge on any atom is 0.152 e. The smallest absolute Gasteiger partial charge is 0.152 e. The number of imidazole rings is 1. The molecule has 0 atom stereocenters. The van der Waals surface area contributed by atoms with Gasteiger partial charge in [0.05, 0.1) is 5.56 Å². The first-order valence-corrected chi connectivity index (χ1v) is 4.90. The Bertz CT molecular complexity index is 519. The summed E-state index contributed by atoms with van der Waals surface area (Å²) < 4.78 is 15.2. The number of carbonyl (C=O) groups is 1. The Kier molecular flexibility index (Phi) is 2.81. The van der Waals surface area contributed by atoms with Gasteiger partial charge in [-0.1, -0.05) is 6.07 Å². The molecule has 0 saturated carbocycles. The average Bonchev–Trinajstić information content (AvgIpc) is 2.65. The van der Waals surface area contributed by atoms with Gasteiger partial charge in [0.2, 0.25) is 0 Å². The van der Waals surface area contributed by atoms with Crippen molar-refractivity contribution >= 4 is 6.29 Å². The number of aromatic nitrogens is 2. The van der Waals surface area contributed by atoms with Crippen LogP contribution in [0.4, 0.5) is 4.39 Å². The molecule has 82 valence electrons. The number of nitrogens with zero attached hydrogens (tertiary/aromatic N) is 2. The zero-order valence-electron chi connectivity index (χ0n) is 8.85. The highest BCUT2D eigenvalue weighted by molar-refractivity contribution is 5.75. The molecule has 16 heavy (non-hydrogen) atoms. The molecule has 0 aliphatic heterocycles. The summed E-state index contributed by atoms with van der Waals surface area (Å²) in [5.41, 5.74) is 0.890. The van der Waals surface area contributed by atoms with Gasteiger partial charge in [0.25, 0.3) is 0 Å². The van der Waals surface area contributed by atoms with Gasteiger partial charge in [-0.25, -0.2) is 9.37 Å². The fourth-order valence-corrected chi connectivity index (χ4v) is 1.53. The molecule has 0 unspecified atom stereocenters. The summed E-state index contributed by atoms with van der Waals surface area (Å²) in [6.45, 7) is 0. The molecule has 0 bridgehead atoms. The molecule has 2 aromatic rings. The van der Waals surface area contributed by atoms with E-state index in [9.17, 15) is 9.18 Å². The lowest BCUT2D eigenvalue weighted by Gasteiger charge is -2.03. The average molecular weight is 218 g/mol. The second kappa shape index (κ2) is 4.26. The normalized spacial score (nSPS) is 10.4. The van der Waals surface area contributed by atoms with E-state index in [0.717, 1.165) is 11.4 Å². The van der Waals surface area contributed by atoms with Crippen molar-refractivity contribution in [3.8, 4) is 0 Å². The van der Waals surface area contributed by atoms with Crippen molar-refractivity contribution in [1.29, 1.82) is 0 Å². The molecule has 0 spiro atoms. The number of aryl methyl sites for hydroxylation is 1. The highest BCUT2D eigenvalue weighted by atomic mass is 19.1. The van der Waals surface area contributed by atoms with Crippen LogP contribution >= 0.6 is 0 Å². The Balaban J connectivity index is 2.26. The minimum Gasteiger partial charge on any atom is -0.338 e. The first-order valence-electron chi connectivity index (χ1n) is 4.90. The zero-order valence-corrected chi connectivity index (χ0v) is 8.85. The number of hydrogen-bond donors (Lipinski definition) is 0. The lowest BCUT2D eigenvalue weighted by atomic mass is 10.1. The summed E-state index contributed by atoms with van der Waals surface area (Å²) >= 11 is 0. The van der Waals surface area contributed by atoms with Crippen molar-refractivity contribution < 1.29 is 9.18 Å². The van der Waals surface area contributed by atoms with E-state index in [1.807, 2.05) is 17.8 Å². The van der Waals surface area contributed by atoms with Crippen LogP contribution in [0.25, 0.3) is 0 Å². The lowest BCUT2D eigenvalue weighted by molar-refractivity contribution is 0.112. The van der Waals surface area contributed by atoms with E-state index in [-0.39, 0.29) is 5.56 Å². The Morgan fingerprint density at radius 3 is 2.88 bits per heavy atom. The van der Waals surface area contributed by atoms with Crippen molar-refractivity contribution in [3.63, 3.8) is 0 Å². The molecule has 0 fully saturated rings. The SMILES string of the molecule is Cn1ccnc1Cc1ccc(C=O)c(F)c1. The van der Waals surface area contributed by atoms with E-state index in [4.69, 9.17) is 0 Å². The van der Waals surface area contributed by atoms with E-state index in [1.54, 1.807) is 12.3 Å². The first kappa shape index (κ1) is 10.5. The maximum absolute atomic E-state index is 13.3. The van der Waals surface area contributed by atoms with Crippen LogP contribution in [0.2, 0.25) is 0 Å². The molecule has 0 saturated heterocycles. The molecule has 0 N–H and O–H groups in total. The highest BCUT2D eigenvalue weighted by Crippen LogP contribution is 2.12. The van der Waals surface area contributed by atoms with Crippen LogP contribution in [0, 0.1) is 5.82 Å². The van der Waals surface area contributed by atoms with Gasteiger partial charge < -0.3 is 4.57 Å². The van der Waals surface area contributed by atoms with Gasteiger partial charge in [-0.15, -0.1) is 0 Å². The fraction of sp³-hybridized carbons (Fsp3) is 0.167. The summed E-state index contributed by atoms with van der Waals surface area (Å²) in [7, 11) is 1.89. The number of benzene rings is 1. The molecule has 3 nitrogen and oxygen atoms in total. The summed E-state index contributed by atoms with van der Waals surface area (Å²) in [6.07, 6.45) is 4.61. The van der Waals surface area contributed by atoms with E-state index in [2.05, 4.69) is 4.98 Å². The molecule has 0 radical (unpaired) electrons. The van der Waals surface area contributed by atoms with Gasteiger partial charge in [-0.2, -0.15) is 0 Å². The van der Waals surface area contributed by atoms with Crippen LogP contribution < -0.4 is 0 Å². The Labute approximate surface area is 92.5 Å². The van der Waals surface area contributed by atoms with E-state index >= 15 is 0 Å². The van der Waals surface area contributed by atoms with Crippen LogP contribution in [0.15, 0.2) is 30.6 Å². The standard InChI is InChI=1S/C12H11FN2O/c1-15-5-4-14-12(15)7-9-2-3-10(8-16)11(13)6-9/h2-6,8H,7H2,1H3. The Morgan fingerprint density at radius 1 is 1.50 bits per heavy atom. The van der Waals surface area contributed by atoms with Crippen LogP contribution in [-0.4, -0.2) is 15.8 Å². The van der Waals surface area contributed by atoms with Gasteiger partial charge >= 0.3 is 0 Å². The van der Waals surface area contributed by atoms with Crippen LogP contribution in [0.1, 0.15) is 21.7 Å². The van der Waals surface area contributed by atoms with Gasteiger partial charge in [0, 0.05) is 25.9 Å². The molecular formula is C12H11FN2O. The molecule has 1 aromatic carbocycles. The van der Waals surface area contributed by atoms with Crippen molar-refractivity contribution in [2.24, 2.45) is 7.05 Å². The van der Waals surface area contributed by atoms with Crippen LogP contribution in [0.5, 0.6) is 0 Å². The van der Waals surface area contributed by atoms with Crippen LogP contribution in [-0.2, 0) is 13.5 Å². The van der Waals surface area contributed by atoms with Gasteiger partial charge in [-0.3, -0.25) is 4.79 Å². The lowest BCUT2D eigenvalue weighted by Crippen LogP contribution is -1.99. The minimum absolute atomic E-state index is 0.0867. The fourth-order valence-electron chi connectivity index (χ4n) is 1.53. The molecular weight excluding hydrogens is 207 g/mol. The molecule has 0 amide bonds. The monoisotopic (exact) mass is 218 g/mol. The van der Waals surface area contributed by atoms with E-state index < -0.39 is 5.82 Å². The predicted octanol–water partition coefficient (Wildman–Crippen LogP) is 1.96. The second-order valence-electron chi connectivity index (χ2n) is 3.60. The van der Waals surface area contributed by atoms with E-state index in [0.29, 0.717) is 12.7 Å². The number of carbonyl (C=O) groups excluding carboxylic acids is 1. The van der Waals surface area contributed by atoms with Gasteiger partial charge in [0.15, 0.2) is 6.29 Å². The summed E-state index contributed by atoms with van der Waals surface area (Å²) in [5.74, 6) is 0.375. The van der Waals surface area contributed by atoms with Crippen LogP contribution in [0.3, 0.4) is 0 Å². The molecule has 0 aliphatic rings. The number of hydrogen-bond acceptors (Lipinski definition) is 2. The van der Waals surface area contributed by atoms with Crippen molar-refractivity contribution in [2.75, 3.05) is 0 Å². The van der Waals surface area contributed by atoms with E-state index in [1.165, 1.54) is 12.1 Å². The third-order valence-electron chi connectivity index (χ3n) is 2.48. The Morgan fingerprint density at radius 2 is 2.31 bits per heavy atom. The minimum atomic E-state index is -0.485. The highest BCUT2D eigenvalue weighted by Gasteiger charge is 2.05. The Hall–Kier alpha value is -1.97. The van der Waals surface area contributed by atoms with Gasteiger partial charge in [-0.05, 0) is 17.7 Å². The zero-order chi connectivity index (χ0) is 11.5. The topological polar surface area (TPSA) is 34.9 Å². The third kappa shape index (κ3) is 2.00. The molecule has 1 heterocycles. The number of rotatable bonds is 3. The summed E-state index contributed by atoms with van der Waals surface area (Å²) in [5, 5.41) is 0. The van der Waals surface area contributed by atoms with Crippen molar-refractivity contribution in [2.45, 2.75) is 6.42 Å². The summed E-state index contributed by atoms with van der Waals surface area (Å²) in [4.78, 5) is 14.6. The second-order valence-corrected chi connectivity index (χ2v) is 3.60. The molecule has 1 aromatic heterocycles. The molecule has 2 rings (SSSR count). The number of aldehydes is 1. The predicted molar refractivity (Wildman–Crippen MR) is 57.8 cm³/mol. The third-order valence-corrected chi connectivity index (χ3v) is 2.48. The van der Waals surface area contributed by atoms with Crippen molar-refractivity contribution in [1.82, 2.24) is 9.55 Å². The van der Waals surface area contributed by atoms with Crippen molar-refractivity contribution in [3.05, 3.63) is 53.4 Å². The molecule has 0 aliphatic carbocycles. The summed E-state index contributed by atoms with van der Waals surface area (Å²) in [6, 6.07) is 4.60. The first-order chi connectivity index (χ1) is 7.70. The quantitative estimate of drug-likeness (QED) is 0.738. The van der Waals surface area contributed by atoms with Gasteiger partial charge in [0.1, 0.15) is 11.6 Å². The largest absolute Gasteiger partial charge is 0.338 e. The number of halogens is 1. The maximum atomic E-state index is 13.3. The molecule has 4 heteroatoms.